The van der Waals surface area contributed by atoms with Gasteiger partial charge in [-0.1, -0.05) is 29.8 Å². The summed E-state index contributed by atoms with van der Waals surface area (Å²) in [4.78, 5) is 15.0. The second-order valence-electron chi connectivity index (χ2n) is 7.53. The van der Waals surface area contributed by atoms with Crippen LogP contribution >= 0.6 is 23.5 Å². The first-order valence-electron chi connectivity index (χ1n) is 10.4. The summed E-state index contributed by atoms with van der Waals surface area (Å²) in [6, 6.07) is 22.1. The molecule has 3 aromatic carbocycles. The van der Waals surface area contributed by atoms with Crippen LogP contribution < -0.4 is 9.47 Å². The first-order valence-corrected chi connectivity index (χ1v) is 11.6. The number of piperazine rings is 1. The predicted molar refractivity (Wildman–Crippen MR) is 129 cm³/mol. The second-order valence-corrected chi connectivity index (χ2v) is 9.10. The molecule has 1 heterocycles. The van der Waals surface area contributed by atoms with Crippen LogP contribution in [0.5, 0.6) is 17.2 Å². The van der Waals surface area contributed by atoms with Crippen LogP contribution in [0.25, 0.3) is 0 Å². The number of hydrogen-bond donors (Lipinski definition) is 0. The molecule has 0 aromatic heterocycles. The van der Waals surface area contributed by atoms with E-state index < -0.39 is 0 Å². The van der Waals surface area contributed by atoms with Gasteiger partial charge in [0, 0.05) is 31.2 Å². The molecule has 0 aliphatic carbocycles. The highest BCUT2D eigenvalue weighted by atomic mass is 35.5. The lowest BCUT2D eigenvalue weighted by Crippen LogP contribution is -2.47. The fourth-order valence-electron chi connectivity index (χ4n) is 3.38. The third-order valence-electron chi connectivity index (χ3n) is 4.99. The van der Waals surface area contributed by atoms with Gasteiger partial charge in [0.1, 0.15) is 17.2 Å². The number of ether oxygens (including phenoxy) is 2. The van der Waals surface area contributed by atoms with E-state index in [4.69, 9.17) is 21.1 Å². The Labute approximate surface area is 202 Å². The van der Waals surface area contributed by atoms with Gasteiger partial charge in [-0.3, -0.25) is 0 Å². The van der Waals surface area contributed by atoms with Gasteiger partial charge >= 0.3 is 6.09 Å². The monoisotopic (exact) mass is 479 g/mol. The van der Waals surface area contributed by atoms with E-state index in [9.17, 15) is 10.1 Å². The van der Waals surface area contributed by atoms with Crippen molar-refractivity contribution in [2.45, 2.75) is 11.8 Å². The van der Waals surface area contributed by atoms with Gasteiger partial charge in [0.05, 0.1) is 16.5 Å². The van der Waals surface area contributed by atoms with E-state index in [0.29, 0.717) is 54.0 Å². The average Bonchev–Trinajstić information content (AvgIpc) is 2.80. The lowest BCUT2D eigenvalue weighted by atomic mass is 10.2. The minimum absolute atomic E-state index is 0.349. The first-order chi connectivity index (χ1) is 16.0. The van der Waals surface area contributed by atoms with E-state index in [1.165, 1.54) is 11.9 Å². The lowest BCUT2D eigenvalue weighted by molar-refractivity contribution is 0.135. The third kappa shape index (κ3) is 6.20. The van der Waals surface area contributed by atoms with Crippen molar-refractivity contribution in [3.05, 3.63) is 82.9 Å². The van der Waals surface area contributed by atoms with Gasteiger partial charge in [-0.25, -0.2) is 9.10 Å². The molecule has 4 rings (SSSR count). The zero-order valence-corrected chi connectivity index (χ0v) is 19.6. The summed E-state index contributed by atoms with van der Waals surface area (Å²) in [5.41, 5.74) is 1.55. The standard InChI is InChI=1S/C25H22ClN3O3S/c1-18-13-20(26)16-22(14-18)31-23-8-7-19(17-27)15-24(23)33-29-11-9-28(10-12-29)25(30)32-21-5-3-2-4-6-21/h2-8,13-16H,9-12H2,1H3. The van der Waals surface area contributed by atoms with Gasteiger partial charge in [0.2, 0.25) is 0 Å². The summed E-state index contributed by atoms with van der Waals surface area (Å²) >= 11 is 7.68. The molecule has 1 saturated heterocycles. The maximum Gasteiger partial charge on any atom is 0.415 e. The van der Waals surface area contributed by atoms with Crippen LogP contribution in [0.4, 0.5) is 4.79 Å². The van der Waals surface area contributed by atoms with Crippen molar-refractivity contribution in [2.24, 2.45) is 0 Å². The molecule has 8 heteroatoms. The second kappa shape index (κ2) is 10.6. The van der Waals surface area contributed by atoms with Crippen molar-refractivity contribution in [3.8, 4) is 23.3 Å². The smallest absolute Gasteiger partial charge is 0.415 e. The molecule has 1 aliphatic heterocycles. The van der Waals surface area contributed by atoms with Crippen molar-refractivity contribution in [2.75, 3.05) is 26.2 Å². The van der Waals surface area contributed by atoms with Crippen LogP contribution in [-0.2, 0) is 0 Å². The molecular formula is C25H22ClN3O3S. The number of benzene rings is 3. The van der Waals surface area contributed by atoms with Crippen molar-refractivity contribution in [3.63, 3.8) is 0 Å². The van der Waals surface area contributed by atoms with Gasteiger partial charge < -0.3 is 14.4 Å². The Hall–Kier alpha value is -3.18. The van der Waals surface area contributed by atoms with Gasteiger partial charge in [-0.2, -0.15) is 5.26 Å². The Morgan fingerprint density at radius 3 is 2.45 bits per heavy atom. The minimum Gasteiger partial charge on any atom is -0.456 e. The summed E-state index contributed by atoms with van der Waals surface area (Å²) in [6.07, 6.45) is -0.349. The van der Waals surface area contributed by atoms with E-state index in [1.54, 1.807) is 35.2 Å². The van der Waals surface area contributed by atoms with E-state index in [-0.39, 0.29) is 6.09 Å². The van der Waals surface area contributed by atoms with Crippen LogP contribution in [0.1, 0.15) is 11.1 Å². The van der Waals surface area contributed by atoms with E-state index >= 15 is 0 Å². The summed E-state index contributed by atoms with van der Waals surface area (Å²) in [5.74, 6) is 1.82. The minimum atomic E-state index is -0.349. The summed E-state index contributed by atoms with van der Waals surface area (Å²) in [7, 11) is 0. The summed E-state index contributed by atoms with van der Waals surface area (Å²) < 4.78 is 13.7. The maximum absolute atomic E-state index is 12.4. The molecule has 1 amide bonds. The Bertz CT molecular complexity index is 1160. The fraction of sp³-hybridized carbons (Fsp3) is 0.200. The largest absolute Gasteiger partial charge is 0.456 e. The number of aryl methyl sites for hydroxylation is 1. The SMILES string of the molecule is Cc1cc(Cl)cc(Oc2ccc(C#N)cc2SN2CCN(C(=O)Oc3ccccc3)CC2)c1. The van der Waals surface area contributed by atoms with Gasteiger partial charge in [0.15, 0.2) is 0 Å². The number of rotatable bonds is 5. The van der Waals surface area contributed by atoms with Gasteiger partial charge in [-0.05, 0) is 73.0 Å². The van der Waals surface area contributed by atoms with Crippen LogP contribution in [0.2, 0.25) is 5.02 Å². The third-order valence-corrected chi connectivity index (χ3v) is 6.35. The van der Waals surface area contributed by atoms with Crippen molar-refractivity contribution in [1.29, 1.82) is 5.26 Å². The highest BCUT2D eigenvalue weighted by Gasteiger charge is 2.24. The van der Waals surface area contributed by atoms with Crippen LogP contribution in [0, 0.1) is 18.3 Å². The molecule has 3 aromatic rings. The molecule has 33 heavy (non-hydrogen) atoms. The molecule has 0 saturated carbocycles. The molecule has 168 valence electrons. The molecule has 1 aliphatic rings. The highest BCUT2D eigenvalue weighted by Crippen LogP contribution is 2.36. The molecule has 0 radical (unpaired) electrons. The maximum atomic E-state index is 12.4. The number of nitrogens with zero attached hydrogens (tertiary/aromatic N) is 3. The molecule has 0 bridgehead atoms. The highest BCUT2D eigenvalue weighted by molar-refractivity contribution is 7.97. The Morgan fingerprint density at radius 1 is 1.00 bits per heavy atom. The number of carbonyl (C=O) groups excluding carboxylic acids is 1. The Kier molecular flexibility index (Phi) is 7.40. The van der Waals surface area contributed by atoms with Gasteiger partial charge in [-0.15, -0.1) is 0 Å². The summed E-state index contributed by atoms with van der Waals surface area (Å²) in [5, 5.41) is 9.95. The normalized spacial score (nSPS) is 13.9. The number of carbonyl (C=O) groups is 1. The number of halogens is 1. The molecule has 6 nitrogen and oxygen atoms in total. The topological polar surface area (TPSA) is 65.8 Å². The van der Waals surface area contributed by atoms with E-state index in [0.717, 1.165) is 10.5 Å². The number of para-hydroxylation sites is 1. The Morgan fingerprint density at radius 2 is 1.76 bits per heavy atom. The Balaban J connectivity index is 1.41. The molecule has 0 spiro atoms. The molecule has 0 atom stereocenters. The molecule has 0 unspecified atom stereocenters. The number of hydrogen-bond acceptors (Lipinski definition) is 6. The predicted octanol–water partition coefficient (Wildman–Crippen LogP) is 6.14. The zero-order chi connectivity index (χ0) is 23.2. The molecule has 0 N–H and O–H groups in total. The van der Waals surface area contributed by atoms with Crippen molar-refractivity contribution in [1.82, 2.24) is 9.21 Å². The molecule has 1 fully saturated rings. The van der Waals surface area contributed by atoms with Crippen molar-refractivity contribution >= 4 is 29.6 Å². The first kappa shape index (κ1) is 23.0. The summed E-state index contributed by atoms with van der Waals surface area (Å²) in [6.45, 7) is 4.35. The van der Waals surface area contributed by atoms with Gasteiger partial charge in [0.25, 0.3) is 0 Å². The quantitative estimate of drug-likeness (QED) is 0.410. The zero-order valence-electron chi connectivity index (χ0n) is 18.0. The fourth-order valence-corrected chi connectivity index (χ4v) is 4.66. The van der Waals surface area contributed by atoms with Crippen LogP contribution in [0.15, 0.2) is 71.6 Å². The van der Waals surface area contributed by atoms with E-state index in [1.807, 2.05) is 43.3 Å². The van der Waals surface area contributed by atoms with Crippen molar-refractivity contribution < 1.29 is 14.3 Å². The number of amides is 1. The lowest BCUT2D eigenvalue weighted by Gasteiger charge is -2.33. The number of nitriles is 1. The molecular weight excluding hydrogens is 458 g/mol. The average molecular weight is 480 g/mol. The van der Waals surface area contributed by atoms with Crippen LogP contribution in [-0.4, -0.2) is 41.5 Å². The van der Waals surface area contributed by atoms with E-state index in [2.05, 4.69) is 10.4 Å². The van der Waals surface area contributed by atoms with Crippen LogP contribution in [0.3, 0.4) is 0 Å².